The molecule has 1 amide bonds. The number of anilines is 1. The lowest BCUT2D eigenvalue weighted by Crippen LogP contribution is -2.18. The molecule has 0 fully saturated rings. The highest BCUT2D eigenvalue weighted by atomic mass is 16.5. The van der Waals surface area contributed by atoms with Gasteiger partial charge in [-0.15, -0.1) is 0 Å². The molecule has 5 nitrogen and oxygen atoms in total. The van der Waals surface area contributed by atoms with Crippen LogP contribution in [-0.4, -0.2) is 24.3 Å². The van der Waals surface area contributed by atoms with Crippen LogP contribution in [0.15, 0.2) is 10.6 Å². The van der Waals surface area contributed by atoms with Gasteiger partial charge in [-0.2, -0.15) is 0 Å². The van der Waals surface area contributed by atoms with Crippen molar-refractivity contribution in [2.24, 2.45) is 0 Å². The maximum atomic E-state index is 11.5. The third-order valence-electron chi connectivity index (χ3n) is 2.42. The second-order valence-corrected chi connectivity index (χ2v) is 5.28. The normalized spacial score (nSPS) is 11.6. The molecule has 0 aliphatic carbocycles. The van der Waals surface area contributed by atoms with E-state index in [1.807, 2.05) is 20.8 Å². The largest absolute Gasteiger partial charge is 0.372 e. The van der Waals surface area contributed by atoms with Crippen LogP contribution in [0, 0.1) is 0 Å². The third kappa shape index (κ3) is 4.87. The van der Waals surface area contributed by atoms with E-state index >= 15 is 0 Å². The van der Waals surface area contributed by atoms with Gasteiger partial charge in [0.2, 0.25) is 5.88 Å². The van der Waals surface area contributed by atoms with Crippen LogP contribution in [-0.2, 0) is 14.9 Å². The molecule has 0 radical (unpaired) electrons. The van der Waals surface area contributed by atoms with Crippen LogP contribution in [0.25, 0.3) is 0 Å². The minimum absolute atomic E-state index is 0.0472. The average molecular weight is 254 g/mol. The van der Waals surface area contributed by atoms with Gasteiger partial charge in [0.1, 0.15) is 6.61 Å². The summed E-state index contributed by atoms with van der Waals surface area (Å²) in [6, 6.07) is 1.74. The summed E-state index contributed by atoms with van der Waals surface area (Å²) in [5.74, 6) is 0.145. The summed E-state index contributed by atoms with van der Waals surface area (Å²) in [5, 5.41) is 6.54. The van der Waals surface area contributed by atoms with Crippen LogP contribution in [0.5, 0.6) is 0 Å². The molecule has 18 heavy (non-hydrogen) atoms. The number of hydrogen-bond acceptors (Lipinski definition) is 4. The molecule has 102 valence electrons. The maximum Gasteiger partial charge on any atom is 0.252 e. The van der Waals surface area contributed by atoms with Crippen LogP contribution in [0.4, 0.5) is 5.88 Å². The van der Waals surface area contributed by atoms with Crippen molar-refractivity contribution in [1.82, 2.24) is 5.16 Å². The van der Waals surface area contributed by atoms with Gasteiger partial charge >= 0.3 is 0 Å². The Kier molecular flexibility index (Phi) is 5.34. The fourth-order valence-corrected chi connectivity index (χ4v) is 1.27. The molecule has 0 unspecified atom stereocenters. The highest BCUT2D eigenvalue weighted by molar-refractivity contribution is 5.90. The lowest BCUT2D eigenvalue weighted by Gasteiger charge is -2.12. The Morgan fingerprint density at radius 2 is 2.22 bits per heavy atom. The first-order valence-electron chi connectivity index (χ1n) is 6.28. The highest BCUT2D eigenvalue weighted by Gasteiger charge is 2.19. The molecule has 0 saturated carbocycles. The number of ether oxygens (including phenoxy) is 1. The van der Waals surface area contributed by atoms with Crippen molar-refractivity contribution in [2.75, 3.05) is 18.5 Å². The lowest BCUT2D eigenvalue weighted by molar-refractivity contribution is -0.120. The number of unbranched alkanes of at least 4 members (excludes halogenated alkanes) is 1. The van der Waals surface area contributed by atoms with E-state index in [4.69, 9.17) is 9.26 Å². The zero-order valence-electron chi connectivity index (χ0n) is 11.6. The molecule has 0 bridgehead atoms. The molecule has 5 heteroatoms. The van der Waals surface area contributed by atoms with Crippen molar-refractivity contribution in [3.05, 3.63) is 11.8 Å². The molecule has 1 rings (SSSR count). The van der Waals surface area contributed by atoms with Crippen molar-refractivity contribution in [3.8, 4) is 0 Å². The highest BCUT2D eigenvalue weighted by Crippen LogP contribution is 2.23. The van der Waals surface area contributed by atoms with E-state index in [1.165, 1.54) is 0 Å². The van der Waals surface area contributed by atoms with E-state index in [0.29, 0.717) is 12.5 Å². The van der Waals surface area contributed by atoms with E-state index in [0.717, 1.165) is 18.5 Å². The second-order valence-electron chi connectivity index (χ2n) is 5.28. The van der Waals surface area contributed by atoms with E-state index in [1.54, 1.807) is 6.07 Å². The summed E-state index contributed by atoms with van der Waals surface area (Å²) in [5.41, 5.74) is 0.717. The van der Waals surface area contributed by atoms with Gasteiger partial charge in [0, 0.05) is 18.1 Å². The Labute approximate surface area is 108 Å². The summed E-state index contributed by atoms with van der Waals surface area (Å²) in [6.07, 6.45) is 2.02. The smallest absolute Gasteiger partial charge is 0.252 e. The van der Waals surface area contributed by atoms with Gasteiger partial charge in [0.15, 0.2) is 0 Å². The van der Waals surface area contributed by atoms with E-state index < -0.39 is 0 Å². The fourth-order valence-electron chi connectivity index (χ4n) is 1.27. The summed E-state index contributed by atoms with van der Waals surface area (Å²) in [4.78, 5) is 11.5. The molecular weight excluding hydrogens is 232 g/mol. The Morgan fingerprint density at radius 1 is 1.50 bits per heavy atom. The molecule has 1 N–H and O–H groups in total. The quantitative estimate of drug-likeness (QED) is 0.793. The van der Waals surface area contributed by atoms with Crippen LogP contribution in [0.1, 0.15) is 46.2 Å². The fraction of sp³-hybridized carbons (Fsp3) is 0.692. The first kappa shape index (κ1) is 14.7. The number of nitrogens with zero attached hydrogens (tertiary/aromatic N) is 1. The van der Waals surface area contributed by atoms with Crippen molar-refractivity contribution in [3.63, 3.8) is 0 Å². The molecule has 0 aromatic carbocycles. The van der Waals surface area contributed by atoms with Gasteiger partial charge in [-0.05, 0) is 6.42 Å². The third-order valence-corrected chi connectivity index (χ3v) is 2.42. The van der Waals surface area contributed by atoms with Crippen molar-refractivity contribution >= 4 is 11.8 Å². The summed E-state index contributed by atoms with van der Waals surface area (Å²) in [6.45, 7) is 8.82. The van der Waals surface area contributed by atoms with Crippen LogP contribution < -0.4 is 5.32 Å². The molecule has 0 aliphatic heterocycles. The summed E-state index contributed by atoms with van der Waals surface area (Å²) >= 11 is 0. The van der Waals surface area contributed by atoms with Gasteiger partial charge in [-0.3, -0.25) is 10.1 Å². The van der Waals surface area contributed by atoms with Crippen molar-refractivity contribution in [2.45, 2.75) is 46.0 Å². The Balaban J connectivity index is 2.38. The molecule has 1 aromatic rings. The van der Waals surface area contributed by atoms with E-state index in [-0.39, 0.29) is 17.9 Å². The van der Waals surface area contributed by atoms with E-state index in [2.05, 4.69) is 17.4 Å². The monoisotopic (exact) mass is 254 g/mol. The number of carbonyl (C=O) groups excluding carboxylic acids is 1. The van der Waals surface area contributed by atoms with Gasteiger partial charge < -0.3 is 9.26 Å². The summed E-state index contributed by atoms with van der Waals surface area (Å²) < 4.78 is 10.3. The number of nitrogens with one attached hydrogen (secondary N) is 1. The van der Waals surface area contributed by atoms with Gasteiger partial charge in [-0.1, -0.05) is 39.3 Å². The predicted octanol–water partition coefficient (Wildman–Crippen LogP) is 2.73. The van der Waals surface area contributed by atoms with E-state index in [9.17, 15) is 4.79 Å². The second kappa shape index (κ2) is 6.54. The molecule has 0 saturated heterocycles. The van der Waals surface area contributed by atoms with Gasteiger partial charge in [0.25, 0.3) is 5.91 Å². The zero-order chi connectivity index (χ0) is 13.6. The molecule has 1 aromatic heterocycles. The first-order valence-corrected chi connectivity index (χ1v) is 6.28. The number of rotatable bonds is 6. The minimum atomic E-state index is -0.220. The number of aromatic nitrogens is 1. The Hall–Kier alpha value is -1.36. The number of amides is 1. The first-order chi connectivity index (χ1) is 8.43. The standard InChI is InChI=1S/C13H22N2O3/c1-5-6-7-17-9-11(16)14-12-8-10(15-18-12)13(2,3)4/h8H,5-7,9H2,1-4H3,(H,14,16). The molecule has 0 atom stereocenters. The minimum Gasteiger partial charge on any atom is -0.372 e. The van der Waals surface area contributed by atoms with Crippen LogP contribution >= 0.6 is 0 Å². The van der Waals surface area contributed by atoms with Crippen LogP contribution in [0.3, 0.4) is 0 Å². The Bertz CT molecular complexity index is 380. The topological polar surface area (TPSA) is 64.4 Å². The molecule has 0 spiro atoms. The van der Waals surface area contributed by atoms with Crippen molar-refractivity contribution in [1.29, 1.82) is 0 Å². The number of carbonyl (C=O) groups is 1. The van der Waals surface area contributed by atoms with Crippen molar-refractivity contribution < 1.29 is 14.1 Å². The average Bonchev–Trinajstić information content (AvgIpc) is 2.72. The molecule has 1 heterocycles. The van der Waals surface area contributed by atoms with Gasteiger partial charge in [0.05, 0.1) is 5.69 Å². The number of hydrogen-bond donors (Lipinski definition) is 1. The molecular formula is C13H22N2O3. The zero-order valence-corrected chi connectivity index (χ0v) is 11.6. The predicted molar refractivity (Wildman–Crippen MR) is 69.6 cm³/mol. The SMILES string of the molecule is CCCCOCC(=O)Nc1cc(C(C)(C)C)no1. The Morgan fingerprint density at radius 3 is 2.78 bits per heavy atom. The van der Waals surface area contributed by atoms with Gasteiger partial charge in [-0.25, -0.2) is 0 Å². The lowest BCUT2D eigenvalue weighted by atomic mass is 9.92. The molecule has 0 aliphatic rings. The summed E-state index contributed by atoms with van der Waals surface area (Å²) in [7, 11) is 0. The van der Waals surface area contributed by atoms with Crippen LogP contribution in [0.2, 0.25) is 0 Å². The maximum absolute atomic E-state index is 11.5.